The highest BCUT2D eigenvalue weighted by Crippen LogP contribution is 2.64. The van der Waals surface area contributed by atoms with Crippen LogP contribution in [0.1, 0.15) is 47.2 Å². The second-order valence-electron chi connectivity index (χ2n) is 18.4. The third-order valence-corrected chi connectivity index (χ3v) is 14.7. The normalized spacial score (nSPS) is 14.1. The summed E-state index contributed by atoms with van der Waals surface area (Å²) >= 11 is 0. The molecule has 10 aromatic carbocycles. The van der Waals surface area contributed by atoms with Gasteiger partial charge >= 0.3 is 0 Å². The van der Waals surface area contributed by atoms with Crippen molar-refractivity contribution in [2.75, 3.05) is 9.80 Å². The fourth-order valence-corrected chi connectivity index (χ4v) is 11.9. The smallest absolute Gasteiger partial charge is 0.0754 e. The van der Waals surface area contributed by atoms with Crippen molar-refractivity contribution in [3.05, 3.63) is 276 Å². The summed E-state index contributed by atoms with van der Waals surface area (Å²) in [7, 11) is 0. The van der Waals surface area contributed by atoms with Crippen molar-refractivity contribution in [3.8, 4) is 44.5 Å². The molecule has 13 rings (SSSR count). The minimum Gasteiger partial charge on any atom is -0.310 e. The Morgan fingerprint density at radius 3 is 1.45 bits per heavy atom. The third kappa shape index (κ3) is 5.36. The maximum atomic E-state index is 2.54. The fraction of sp³-hybridized carbons (Fsp3) is 0.0625. The molecule has 0 N–H and O–H groups in total. The molecule has 0 saturated heterocycles. The minimum atomic E-state index is -0.520. The van der Waals surface area contributed by atoms with Crippen molar-refractivity contribution in [1.82, 2.24) is 0 Å². The molecule has 0 saturated carbocycles. The first kappa shape index (κ1) is 38.3. The van der Waals surface area contributed by atoms with Crippen LogP contribution in [0.4, 0.5) is 34.1 Å². The second kappa shape index (κ2) is 14.7. The highest BCUT2D eigenvalue weighted by atomic mass is 15.2. The molecule has 2 nitrogen and oxygen atoms in total. The molecule has 1 heterocycles. The summed E-state index contributed by atoms with van der Waals surface area (Å²) in [5.41, 5.74) is 24.1. The predicted molar refractivity (Wildman–Crippen MR) is 275 cm³/mol. The first-order chi connectivity index (χ1) is 32.5. The Morgan fingerprint density at radius 1 is 0.318 bits per heavy atom. The molecule has 0 aromatic heterocycles. The molecule has 0 radical (unpaired) electrons. The van der Waals surface area contributed by atoms with Gasteiger partial charge in [-0.05, 0) is 110 Å². The van der Waals surface area contributed by atoms with Gasteiger partial charge in [0.2, 0.25) is 0 Å². The number of anilines is 6. The lowest BCUT2D eigenvalue weighted by Gasteiger charge is -2.45. The van der Waals surface area contributed by atoms with E-state index in [2.05, 4.69) is 266 Å². The van der Waals surface area contributed by atoms with Gasteiger partial charge in [0.15, 0.2) is 0 Å². The van der Waals surface area contributed by atoms with E-state index in [-0.39, 0.29) is 5.41 Å². The molecule has 66 heavy (non-hydrogen) atoms. The number of nitrogens with zero attached hydrogens (tertiary/aromatic N) is 2. The number of fused-ring (bicyclic) bond motifs is 12. The van der Waals surface area contributed by atoms with Gasteiger partial charge < -0.3 is 9.80 Å². The summed E-state index contributed by atoms with van der Waals surface area (Å²) < 4.78 is 0. The molecule has 3 aliphatic rings. The highest BCUT2D eigenvalue weighted by Gasteiger charge is 2.51. The largest absolute Gasteiger partial charge is 0.310 e. The molecule has 0 bridgehead atoms. The van der Waals surface area contributed by atoms with Crippen LogP contribution in [0, 0.1) is 0 Å². The second-order valence-corrected chi connectivity index (χ2v) is 18.4. The van der Waals surface area contributed by atoms with E-state index in [1.165, 1.54) is 95.0 Å². The minimum absolute atomic E-state index is 0.149. The van der Waals surface area contributed by atoms with E-state index in [9.17, 15) is 0 Å². The lowest BCUT2D eigenvalue weighted by atomic mass is 9.64. The van der Waals surface area contributed by atoms with Crippen LogP contribution < -0.4 is 9.80 Å². The number of rotatable bonds is 6. The zero-order valence-corrected chi connectivity index (χ0v) is 37.0. The average Bonchev–Trinajstić information content (AvgIpc) is 3.80. The van der Waals surface area contributed by atoms with E-state index in [0.717, 1.165) is 17.1 Å². The first-order valence-corrected chi connectivity index (χ1v) is 23.1. The van der Waals surface area contributed by atoms with Gasteiger partial charge in [0.25, 0.3) is 0 Å². The molecule has 1 spiro atoms. The van der Waals surface area contributed by atoms with Crippen molar-refractivity contribution in [2.45, 2.75) is 24.7 Å². The first-order valence-electron chi connectivity index (χ1n) is 23.1. The Hall–Kier alpha value is -8.20. The molecule has 0 amide bonds. The summed E-state index contributed by atoms with van der Waals surface area (Å²) in [6.45, 7) is 4.74. The van der Waals surface area contributed by atoms with Crippen molar-refractivity contribution < 1.29 is 0 Å². The molecular formula is C64H46N2. The summed E-state index contributed by atoms with van der Waals surface area (Å²) in [6.07, 6.45) is 0. The van der Waals surface area contributed by atoms with Gasteiger partial charge in [0.05, 0.1) is 33.9 Å². The van der Waals surface area contributed by atoms with Crippen LogP contribution in [0.5, 0.6) is 0 Å². The van der Waals surface area contributed by atoms with Crippen molar-refractivity contribution in [3.63, 3.8) is 0 Å². The predicted octanol–water partition coefficient (Wildman–Crippen LogP) is 16.9. The van der Waals surface area contributed by atoms with Gasteiger partial charge in [0, 0.05) is 27.8 Å². The summed E-state index contributed by atoms with van der Waals surface area (Å²) in [4.78, 5) is 4.99. The number of hydrogen-bond donors (Lipinski definition) is 0. The van der Waals surface area contributed by atoms with E-state index in [0.29, 0.717) is 0 Å². The van der Waals surface area contributed by atoms with E-state index in [1.807, 2.05) is 0 Å². The third-order valence-electron chi connectivity index (χ3n) is 14.7. The topological polar surface area (TPSA) is 6.48 Å². The quantitative estimate of drug-likeness (QED) is 0.165. The van der Waals surface area contributed by atoms with Crippen molar-refractivity contribution >= 4 is 34.1 Å². The van der Waals surface area contributed by atoms with E-state index < -0.39 is 5.41 Å². The molecule has 0 fully saturated rings. The molecule has 2 aliphatic carbocycles. The van der Waals surface area contributed by atoms with Crippen LogP contribution in [-0.4, -0.2) is 0 Å². The molecule has 1 aliphatic heterocycles. The Bertz CT molecular complexity index is 3480. The van der Waals surface area contributed by atoms with Gasteiger partial charge in [0.1, 0.15) is 0 Å². The Balaban J connectivity index is 1.06. The average molecular weight is 843 g/mol. The van der Waals surface area contributed by atoms with Gasteiger partial charge in [-0.3, -0.25) is 0 Å². The lowest BCUT2D eigenvalue weighted by molar-refractivity contribution is 0.660. The summed E-state index contributed by atoms with van der Waals surface area (Å²) in [5, 5.41) is 0. The number of para-hydroxylation sites is 5. The standard InChI is InChI=1S/C64H46N2/c1-63(2)51-30-13-10-29-49(51)62-56(63)34-21-39-61(62)66(57-35-17-11-26-46(57)43-22-5-3-6-23-43)58-36-18-12-27-47(58)44-40-41-53-50(42-44)48-28-9-14-31-52(48)64(53)54-32-15-19-37-59(54)65(45-24-7-4-8-25-45)60-38-20-16-33-55(60)64/h3-42H,1-2H3. The maximum Gasteiger partial charge on any atom is 0.0754 e. The summed E-state index contributed by atoms with van der Waals surface area (Å²) in [5.74, 6) is 0. The molecule has 0 unspecified atom stereocenters. The van der Waals surface area contributed by atoms with Crippen LogP contribution >= 0.6 is 0 Å². The van der Waals surface area contributed by atoms with Gasteiger partial charge in [-0.15, -0.1) is 0 Å². The van der Waals surface area contributed by atoms with Crippen molar-refractivity contribution in [1.29, 1.82) is 0 Å². The Labute approximate surface area is 387 Å². The molecule has 10 aromatic rings. The maximum absolute atomic E-state index is 2.54. The van der Waals surface area contributed by atoms with Crippen LogP contribution in [0.2, 0.25) is 0 Å². The SMILES string of the molecule is CC1(C)c2ccccc2-c2c(N(c3ccccc3-c3ccccc3)c3ccccc3-c3ccc4c(c3)-c3ccccc3C43c4ccccc4N(c4ccccc4)c4ccccc43)cccc21. The molecular weight excluding hydrogens is 797 g/mol. The monoisotopic (exact) mass is 842 g/mol. The van der Waals surface area contributed by atoms with Crippen molar-refractivity contribution in [2.24, 2.45) is 0 Å². The van der Waals surface area contributed by atoms with Gasteiger partial charge in [-0.25, -0.2) is 0 Å². The zero-order chi connectivity index (χ0) is 44.0. The molecule has 0 atom stereocenters. The molecule has 312 valence electrons. The van der Waals surface area contributed by atoms with Gasteiger partial charge in [-0.1, -0.05) is 208 Å². The highest BCUT2D eigenvalue weighted by molar-refractivity contribution is 6.02. The van der Waals surface area contributed by atoms with Gasteiger partial charge in [-0.2, -0.15) is 0 Å². The van der Waals surface area contributed by atoms with E-state index >= 15 is 0 Å². The fourth-order valence-electron chi connectivity index (χ4n) is 11.9. The zero-order valence-electron chi connectivity index (χ0n) is 37.0. The Morgan fingerprint density at radius 2 is 0.788 bits per heavy atom. The number of benzene rings is 10. The van der Waals surface area contributed by atoms with E-state index in [4.69, 9.17) is 0 Å². The lowest BCUT2D eigenvalue weighted by Crippen LogP contribution is -2.36. The van der Waals surface area contributed by atoms with Crippen LogP contribution in [0.3, 0.4) is 0 Å². The van der Waals surface area contributed by atoms with E-state index in [1.54, 1.807) is 0 Å². The summed E-state index contributed by atoms with van der Waals surface area (Å²) in [6, 6.07) is 90.0. The van der Waals surface area contributed by atoms with Crippen LogP contribution in [-0.2, 0) is 10.8 Å². The number of hydrogen-bond acceptors (Lipinski definition) is 2. The Kier molecular flexibility index (Phi) is 8.51. The van der Waals surface area contributed by atoms with Crippen LogP contribution in [0.15, 0.2) is 243 Å². The van der Waals surface area contributed by atoms with Crippen LogP contribution in [0.25, 0.3) is 44.5 Å². The molecule has 2 heteroatoms.